The zero-order valence-electron chi connectivity index (χ0n) is 13.3. The van der Waals surface area contributed by atoms with Crippen LogP contribution in [0.4, 0.5) is 5.69 Å². The highest BCUT2D eigenvalue weighted by Gasteiger charge is 2.16. The molecule has 2 rings (SSSR count). The second-order valence-corrected chi connectivity index (χ2v) is 5.97. The maximum atomic E-state index is 12.2. The third-order valence-corrected chi connectivity index (χ3v) is 3.48. The first-order valence-electron chi connectivity index (χ1n) is 7.58. The van der Waals surface area contributed by atoms with E-state index in [9.17, 15) is 4.79 Å². The molecule has 0 bridgehead atoms. The van der Waals surface area contributed by atoms with Gasteiger partial charge < -0.3 is 15.5 Å². The number of carbonyl (C=O) groups excluding carboxylic acids is 1. The van der Waals surface area contributed by atoms with Crippen LogP contribution in [0.1, 0.15) is 44.1 Å². The summed E-state index contributed by atoms with van der Waals surface area (Å²) in [5.41, 5.74) is 7.42. The van der Waals surface area contributed by atoms with E-state index in [1.807, 2.05) is 25.1 Å². The van der Waals surface area contributed by atoms with Gasteiger partial charge in [-0.25, -0.2) is 4.98 Å². The first-order chi connectivity index (χ1) is 10.5. The molecule has 22 heavy (non-hydrogen) atoms. The molecule has 1 aromatic carbocycles. The Labute approximate surface area is 130 Å². The molecule has 0 aliphatic rings. The number of oxazole rings is 1. The Morgan fingerprint density at radius 1 is 1.27 bits per heavy atom. The van der Waals surface area contributed by atoms with Crippen LogP contribution in [-0.4, -0.2) is 16.9 Å². The Morgan fingerprint density at radius 3 is 2.68 bits per heavy atom. The summed E-state index contributed by atoms with van der Waals surface area (Å²) < 4.78 is 5.38. The molecule has 1 amide bonds. The molecule has 1 aromatic heterocycles. The van der Waals surface area contributed by atoms with Crippen molar-refractivity contribution < 1.29 is 9.21 Å². The number of aromatic nitrogens is 1. The minimum atomic E-state index is -0.222. The molecule has 5 heteroatoms. The largest absolute Gasteiger partial charge is 0.444 e. The number of benzene rings is 1. The van der Waals surface area contributed by atoms with Crippen molar-refractivity contribution in [2.45, 2.75) is 39.7 Å². The second-order valence-electron chi connectivity index (χ2n) is 5.97. The fourth-order valence-electron chi connectivity index (χ4n) is 2.15. The van der Waals surface area contributed by atoms with Gasteiger partial charge in [-0.2, -0.15) is 0 Å². The Hall–Kier alpha value is -2.30. The molecule has 1 heterocycles. The highest BCUT2D eigenvalue weighted by atomic mass is 16.3. The molecule has 3 N–H and O–H groups in total. The Bertz CT molecular complexity index is 634. The number of nitrogens with one attached hydrogen (secondary N) is 1. The first-order valence-corrected chi connectivity index (χ1v) is 7.58. The maximum absolute atomic E-state index is 12.2. The monoisotopic (exact) mass is 301 g/mol. The van der Waals surface area contributed by atoms with E-state index in [1.54, 1.807) is 6.07 Å². The molecule has 0 spiro atoms. The number of para-hydroxylation sites is 1. The maximum Gasteiger partial charge on any atom is 0.273 e. The van der Waals surface area contributed by atoms with Gasteiger partial charge in [-0.05, 0) is 37.8 Å². The number of rotatable bonds is 6. The quantitative estimate of drug-likeness (QED) is 0.800. The van der Waals surface area contributed by atoms with Crippen LogP contribution in [0, 0.1) is 5.92 Å². The van der Waals surface area contributed by atoms with E-state index in [0.29, 0.717) is 23.1 Å². The highest BCUT2D eigenvalue weighted by molar-refractivity contribution is 5.92. The Kier molecular flexibility index (Phi) is 5.20. The number of carbonyl (C=O) groups is 1. The SMILES string of the molecule is CC(C)CCC(C)NC(=O)c1coc(-c2ccccc2N)n1. The lowest BCUT2D eigenvalue weighted by Crippen LogP contribution is -2.32. The van der Waals surface area contributed by atoms with Crippen molar-refractivity contribution in [3.05, 3.63) is 36.2 Å². The number of hydrogen-bond donors (Lipinski definition) is 2. The second kappa shape index (κ2) is 7.11. The summed E-state index contributed by atoms with van der Waals surface area (Å²) in [7, 11) is 0. The molecule has 0 saturated carbocycles. The van der Waals surface area contributed by atoms with E-state index in [1.165, 1.54) is 6.26 Å². The van der Waals surface area contributed by atoms with Gasteiger partial charge in [0.05, 0.1) is 5.56 Å². The van der Waals surface area contributed by atoms with Crippen LogP contribution >= 0.6 is 0 Å². The number of hydrogen-bond acceptors (Lipinski definition) is 4. The summed E-state index contributed by atoms with van der Waals surface area (Å²) in [5.74, 6) is 0.762. The van der Waals surface area contributed by atoms with Gasteiger partial charge in [0.15, 0.2) is 5.69 Å². The van der Waals surface area contributed by atoms with Gasteiger partial charge >= 0.3 is 0 Å². The molecule has 5 nitrogen and oxygen atoms in total. The van der Waals surface area contributed by atoms with Crippen LogP contribution in [-0.2, 0) is 0 Å². The predicted octanol–water partition coefficient (Wildman–Crippen LogP) is 3.48. The van der Waals surface area contributed by atoms with Crippen LogP contribution in [0.5, 0.6) is 0 Å². The predicted molar refractivity (Wildman–Crippen MR) is 87.4 cm³/mol. The van der Waals surface area contributed by atoms with E-state index in [2.05, 4.69) is 24.1 Å². The molecule has 0 saturated heterocycles. The summed E-state index contributed by atoms with van der Waals surface area (Å²) in [6.07, 6.45) is 3.39. The zero-order valence-corrected chi connectivity index (χ0v) is 13.3. The number of nitrogens with zero attached hydrogens (tertiary/aromatic N) is 1. The van der Waals surface area contributed by atoms with Gasteiger partial charge in [0.2, 0.25) is 5.89 Å². The summed E-state index contributed by atoms with van der Waals surface area (Å²) in [6, 6.07) is 7.38. The third-order valence-electron chi connectivity index (χ3n) is 3.48. The van der Waals surface area contributed by atoms with Gasteiger partial charge in [-0.1, -0.05) is 26.0 Å². The molecule has 118 valence electrons. The van der Waals surface area contributed by atoms with Crippen LogP contribution in [0.25, 0.3) is 11.5 Å². The van der Waals surface area contributed by atoms with Crippen molar-refractivity contribution in [1.29, 1.82) is 0 Å². The molecule has 0 radical (unpaired) electrons. The standard InChI is InChI=1S/C17H23N3O2/c1-11(2)8-9-12(3)19-16(21)15-10-22-17(20-15)13-6-4-5-7-14(13)18/h4-7,10-12H,8-9,18H2,1-3H3,(H,19,21). The zero-order chi connectivity index (χ0) is 16.1. The van der Waals surface area contributed by atoms with E-state index in [0.717, 1.165) is 12.8 Å². The van der Waals surface area contributed by atoms with Gasteiger partial charge in [0.25, 0.3) is 5.91 Å². The van der Waals surface area contributed by atoms with E-state index in [-0.39, 0.29) is 17.6 Å². The topological polar surface area (TPSA) is 81.2 Å². The molecule has 0 fully saturated rings. The molecular weight excluding hydrogens is 278 g/mol. The molecule has 1 atom stereocenters. The van der Waals surface area contributed by atoms with Crippen molar-refractivity contribution >= 4 is 11.6 Å². The van der Waals surface area contributed by atoms with E-state index >= 15 is 0 Å². The van der Waals surface area contributed by atoms with E-state index < -0.39 is 0 Å². The minimum absolute atomic E-state index is 0.108. The summed E-state index contributed by atoms with van der Waals surface area (Å²) in [4.78, 5) is 16.4. The van der Waals surface area contributed by atoms with E-state index in [4.69, 9.17) is 10.2 Å². The number of nitrogen functional groups attached to an aromatic ring is 1. The normalized spacial score (nSPS) is 12.4. The van der Waals surface area contributed by atoms with Crippen molar-refractivity contribution in [3.63, 3.8) is 0 Å². The minimum Gasteiger partial charge on any atom is -0.444 e. The van der Waals surface area contributed by atoms with Gasteiger partial charge in [0.1, 0.15) is 6.26 Å². The first kappa shape index (κ1) is 16.1. The lowest BCUT2D eigenvalue weighted by atomic mass is 10.0. The number of nitrogens with two attached hydrogens (primary N) is 1. The molecule has 1 unspecified atom stereocenters. The van der Waals surface area contributed by atoms with Crippen molar-refractivity contribution in [3.8, 4) is 11.5 Å². The summed E-state index contributed by atoms with van der Waals surface area (Å²) in [6.45, 7) is 6.34. The summed E-state index contributed by atoms with van der Waals surface area (Å²) >= 11 is 0. The van der Waals surface area contributed by atoms with Crippen molar-refractivity contribution in [1.82, 2.24) is 10.3 Å². The van der Waals surface area contributed by atoms with Crippen molar-refractivity contribution in [2.24, 2.45) is 5.92 Å². The molecule has 2 aromatic rings. The smallest absolute Gasteiger partial charge is 0.273 e. The Balaban J connectivity index is 2.02. The highest BCUT2D eigenvalue weighted by Crippen LogP contribution is 2.24. The van der Waals surface area contributed by atoms with Crippen LogP contribution in [0.2, 0.25) is 0 Å². The fraction of sp³-hybridized carbons (Fsp3) is 0.412. The fourth-order valence-corrected chi connectivity index (χ4v) is 2.15. The molecule has 0 aliphatic carbocycles. The average Bonchev–Trinajstić information content (AvgIpc) is 2.95. The molecular formula is C17H23N3O2. The van der Waals surface area contributed by atoms with Gasteiger partial charge in [0, 0.05) is 11.7 Å². The number of anilines is 1. The van der Waals surface area contributed by atoms with Crippen LogP contribution in [0.3, 0.4) is 0 Å². The van der Waals surface area contributed by atoms with Gasteiger partial charge in [-0.3, -0.25) is 4.79 Å². The van der Waals surface area contributed by atoms with Crippen LogP contribution < -0.4 is 11.1 Å². The van der Waals surface area contributed by atoms with Gasteiger partial charge in [-0.15, -0.1) is 0 Å². The lowest BCUT2D eigenvalue weighted by molar-refractivity contribution is 0.0932. The molecule has 0 aliphatic heterocycles. The third kappa shape index (κ3) is 4.10. The van der Waals surface area contributed by atoms with Crippen molar-refractivity contribution in [2.75, 3.05) is 5.73 Å². The average molecular weight is 301 g/mol. The summed E-state index contributed by atoms with van der Waals surface area (Å²) in [5, 5.41) is 2.94. The lowest BCUT2D eigenvalue weighted by Gasteiger charge is -2.13. The van der Waals surface area contributed by atoms with Crippen LogP contribution in [0.15, 0.2) is 34.9 Å². The number of amides is 1. The Morgan fingerprint density at radius 2 is 2.00 bits per heavy atom.